The van der Waals surface area contributed by atoms with E-state index in [2.05, 4.69) is 72.5 Å². The fourth-order valence-corrected chi connectivity index (χ4v) is 5.49. The van der Waals surface area contributed by atoms with Gasteiger partial charge < -0.3 is 15.2 Å². The number of hydrogen-bond donors (Lipinski definition) is 2. The quantitative estimate of drug-likeness (QED) is 0.460. The summed E-state index contributed by atoms with van der Waals surface area (Å²) in [5, 5.41) is 8.67. The van der Waals surface area contributed by atoms with E-state index in [1.54, 1.807) is 6.33 Å². The zero-order valence-electron chi connectivity index (χ0n) is 20.8. The van der Waals surface area contributed by atoms with Crippen molar-refractivity contribution in [2.45, 2.75) is 52.4 Å². The number of aryl methyl sites for hydroxylation is 1. The third kappa shape index (κ3) is 3.78. The first-order valence-electron chi connectivity index (χ1n) is 12.3. The molecule has 0 saturated carbocycles. The monoisotopic (exact) mass is 458 g/mol. The van der Waals surface area contributed by atoms with E-state index in [0.717, 1.165) is 48.4 Å². The summed E-state index contributed by atoms with van der Waals surface area (Å²) in [6.45, 7) is 10.8. The van der Waals surface area contributed by atoms with Crippen molar-refractivity contribution in [1.82, 2.24) is 29.8 Å². The molecule has 1 aliphatic rings. The van der Waals surface area contributed by atoms with E-state index in [4.69, 9.17) is 0 Å². The van der Waals surface area contributed by atoms with Crippen LogP contribution in [0.25, 0.3) is 27.8 Å². The van der Waals surface area contributed by atoms with Crippen LogP contribution < -0.4 is 5.32 Å². The highest BCUT2D eigenvalue weighted by atomic mass is 16.2. The summed E-state index contributed by atoms with van der Waals surface area (Å²) in [5.41, 5.74) is 9.41. The smallest absolute Gasteiger partial charge is 0.236 e. The van der Waals surface area contributed by atoms with Gasteiger partial charge in [-0.3, -0.25) is 4.79 Å². The maximum Gasteiger partial charge on any atom is 0.236 e. The fourth-order valence-electron chi connectivity index (χ4n) is 5.49. The van der Waals surface area contributed by atoms with Gasteiger partial charge in [0.05, 0.1) is 12.2 Å². The van der Waals surface area contributed by atoms with Gasteiger partial charge in [0.15, 0.2) is 5.65 Å². The Bertz CT molecular complexity index is 1360. The third-order valence-corrected chi connectivity index (χ3v) is 7.41. The van der Waals surface area contributed by atoms with Crippen LogP contribution in [0.1, 0.15) is 60.8 Å². The van der Waals surface area contributed by atoms with Gasteiger partial charge in [-0.2, -0.15) is 5.10 Å². The number of fused-ring (bicyclic) bond motifs is 2. The summed E-state index contributed by atoms with van der Waals surface area (Å²) in [4.78, 5) is 22.6. The van der Waals surface area contributed by atoms with Crippen molar-refractivity contribution < 1.29 is 4.79 Å². The Kier molecular flexibility index (Phi) is 5.90. The SMILES string of the molecule is CNCC(=O)N1CCCC(c2ccc3[nH]c(-c4cn5ncnc5c(C)c4C)c(C(C)C)c3c2)C1. The van der Waals surface area contributed by atoms with E-state index in [9.17, 15) is 4.79 Å². The molecule has 1 unspecified atom stereocenters. The minimum atomic E-state index is 0.189. The fraction of sp³-hybridized carbons (Fsp3) is 0.444. The van der Waals surface area contributed by atoms with Crippen molar-refractivity contribution in [3.8, 4) is 11.3 Å². The molecule has 7 heteroatoms. The van der Waals surface area contributed by atoms with Crippen LogP contribution in [0.15, 0.2) is 30.7 Å². The average Bonchev–Trinajstić information content (AvgIpc) is 3.45. The van der Waals surface area contributed by atoms with E-state index < -0.39 is 0 Å². The number of benzene rings is 1. The molecule has 0 bridgehead atoms. The topological polar surface area (TPSA) is 78.3 Å². The van der Waals surface area contributed by atoms with Crippen LogP contribution in [0.2, 0.25) is 0 Å². The molecule has 1 fully saturated rings. The van der Waals surface area contributed by atoms with Gasteiger partial charge in [0.25, 0.3) is 0 Å². The Morgan fingerprint density at radius 3 is 2.85 bits per heavy atom. The van der Waals surface area contributed by atoms with Crippen molar-refractivity contribution in [2.24, 2.45) is 0 Å². The van der Waals surface area contributed by atoms with Crippen LogP contribution in [0.4, 0.5) is 0 Å². The Morgan fingerprint density at radius 1 is 1.26 bits per heavy atom. The number of rotatable bonds is 5. The number of amides is 1. The van der Waals surface area contributed by atoms with Crippen molar-refractivity contribution in [2.75, 3.05) is 26.7 Å². The largest absolute Gasteiger partial charge is 0.354 e. The number of hydrogen-bond acceptors (Lipinski definition) is 4. The number of likely N-dealkylation sites (N-methyl/N-ethyl adjacent to an activating group) is 1. The average molecular weight is 459 g/mol. The highest BCUT2D eigenvalue weighted by Crippen LogP contribution is 2.39. The number of likely N-dealkylation sites (tertiary alicyclic amines) is 1. The van der Waals surface area contributed by atoms with Gasteiger partial charge in [-0.15, -0.1) is 0 Å². The number of nitrogens with one attached hydrogen (secondary N) is 2. The van der Waals surface area contributed by atoms with Gasteiger partial charge in [-0.05, 0) is 74.0 Å². The van der Waals surface area contributed by atoms with Crippen LogP contribution in [0.3, 0.4) is 0 Å². The van der Waals surface area contributed by atoms with E-state index in [1.807, 2.05) is 16.5 Å². The van der Waals surface area contributed by atoms with E-state index in [1.165, 1.54) is 27.6 Å². The minimum absolute atomic E-state index is 0.189. The van der Waals surface area contributed by atoms with Gasteiger partial charge in [-0.25, -0.2) is 9.50 Å². The highest BCUT2D eigenvalue weighted by Gasteiger charge is 2.26. The molecular formula is C27H34N6O. The minimum Gasteiger partial charge on any atom is -0.354 e. The first-order chi connectivity index (χ1) is 16.4. The number of carbonyl (C=O) groups excluding carboxylic acids is 1. The van der Waals surface area contributed by atoms with Crippen molar-refractivity contribution >= 4 is 22.5 Å². The van der Waals surface area contributed by atoms with Gasteiger partial charge in [0, 0.05) is 41.7 Å². The first kappa shape index (κ1) is 22.6. The second-order valence-electron chi connectivity index (χ2n) is 9.90. The standard InChI is InChI=1S/C27H34N6O/c1-16(2)25-21-11-19(20-7-6-10-32(13-20)24(34)12-28-5)8-9-23(21)31-26(25)22-14-33-27(29-15-30-33)18(4)17(22)3/h8-9,11,14-16,20,28,31H,6-7,10,12-13H2,1-5H3. The molecule has 34 heavy (non-hydrogen) atoms. The predicted octanol–water partition coefficient (Wildman–Crippen LogP) is 4.54. The second kappa shape index (κ2) is 8.87. The Morgan fingerprint density at radius 2 is 2.09 bits per heavy atom. The molecule has 5 rings (SSSR count). The molecular weight excluding hydrogens is 424 g/mol. The number of aromatic nitrogens is 4. The van der Waals surface area contributed by atoms with Crippen LogP contribution in [0.5, 0.6) is 0 Å². The maximum atomic E-state index is 12.5. The molecule has 4 heterocycles. The van der Waals surface area contributed by atoms with E-state index in [0.29, 0.717) is 18.4 Å². The summed E-state index contributed by atoms with van der Waals surface area (Å²) in [7, 11) is 1.83. The lowest BCUT2D eigenvalue weighted by atomic mass is 9.88. The lowest BCUT2D eigenvalue weighted by Gasteiger charge is -2.33. The summed E-state index contributed by atoms with van der Waals surface area (Å²) in [5.74, 6) is 0.910. The molecule has 178 valence electrons. The molecule has 1 atom stereocenters. The lowest BCUT2D eigenvalue weighted by Crippen LogP contribution is -2.42. The molecule has 2 N–H and O–H groups in total. The molecule has 1 amide bonds. The van der Waals surface area contributed by atoms with E-state index in [-0.39, 0.29) is 5.91 Å². The maximum absolute atomic E-state index is 12.5. The Hall–Kier alpha value is -3.19. The zero-order valence-corrected chi connectivity index (χ0v) is 20.8. The van der Waals surface area contributed by atoms with Crippen molar-refractivity contribution in [1.29, 1.82) is 0 Å². The first-order valence-corrected chi connectivity index (χ1v) is 12.3. The molecule has 1 aliphatic heterocycles. The van der Waals surface area contributed by atoms with Crippen LogP contribution in [0, 0.1) is 13.8 Å². The summed E-state index contributed by atoms with van der Waals surface area (Å²) < 4.78 is 1.87. The summed E-state index contributed by atoms with van der Waals surface area (Å²) in [6.07, 6.45) is 5.87. The third-order valence-electron chi connectivity index (χ3n) is 7.41. The van der Waals surface area contributed by atoms with Crippen LogP contribution in [-0.4, -0.2) is 57.1 Å². The van der Waals surface area contributed by atoms with Gasteiger partial charge >= 0.3 is 0 Å². The number of pyridine rings is 1. The van der Waals surface area contributed by atoms with Crippen LogP contribution in [-0.2, 0) is 4.79 Å². The van der Waals surface area contributed by atoms with Gasteiger partial charge in [-0.1, -0.05) is 19.9 Å². The second-order valence-corrected chi connectivity index (χ2v) is 9.90. The van der Waals surface area contributed by atoms with Gasteiger partial charge in [0.2, 0.25) is 5.91 Å². The predicted molar refractivity (Wildman–Crippen MR) is 136 cm³/mol. The Balaban J connectivity index is 1.59. The highest BCUT2D eigenvalue weighted by molar-refractivity contribution is 5.92. The van der Waals surface area contributed by atoms with Crippen molar-refractivity contribution in [3.05, 3.63) is 53.0 Å². The number of H-pyrrole nitrogens is 1. The molecule has 0 spiro atoms. The molecule has 1 aromatic carbocycles. The zero-order chi connectivity index (χ0) is 24.0. The number of carbonyl (C=O) groups is 1. The summed E-state index contributed by atoms with van der Waals surface area (Å²) in [6, 6.07) is 6.81. The summed E-state index contributed by atoms with van der Waals surface area (Å²) >= 11 is 0. The Labute approximate surface area is 200 Å². The normalized spacial score (nSPS) is 16.8. The van der Waals surface area contributed by atoms with Gasteiger partial charge in [0.1, 0.15) is 6.33 Å². The molecule has 1 saturated heterocycles. The van der Waals surface area contributed by atoms with Crippen molar-refractivity contribution in [3.63, 3.8) is 0 Å². The molecule has 4 aromatic rings. The molecule has 0 aliphatic carbocycles. The number of aromatic amines is 1. The molecule has 7 nitrogen and oxygen atoms in total. The number of nitrogens with zero attached hydrogens (tertiary/aromatic N) is 4. The molecule has 0 radical (unpaired) electrons. The molecule has 3 aromatic heterocycles. The number of piperidine rings is 1. The van der Waals surface area contributed by atoms with Crippen LogP contribution >= 0.6 is 0 Å². The van der Waals surface area contributed by atoms with E-state index >= 15 is 0 Å². The lowest BCUT2D eigenvalue weighted by molar-refractivity contribution is -0.131.